The van der Waals surface area contributed by atoms with Gasteiger partial charge >= 0.3 is 0 Å². The molecule has 3 rings (SSSR count). The highest BCUT2D eigenvalue weighted by Gasteiger charge is 2.29. The zero-order chi connectivity index (χ0) is 24.7. The molecule has 0 fully saturated rings. The molecule has 3 aromatic carbocycles. The van der Waals surface area contributed by atoms with Crippen molar-refractivity contribution in [2.24, 2.45) is 0 Å². The number of halogens is 2. The molecular weight excluding hydrogens is 499 g/mol. The highest BCUT2D eigenvalue weighted by molar-refractivity contribution is 7.89. The van der Waals surface area contributed by atoms with Gasteiger partial charge in [0.25, 0.3) is 0 Å². The summed E-state index contributed by atoms with van der Waals surface area (Å²) in [5, 5.41) is 3.32. The molecule has 1 unspecified atom stereocenters. The van der Waals surface area contributed by atoms with Crippen LogP contribution in [-0.4, -0.2) is 34.1 Å². The van der Waals surface area contributed by atoms with Crippen LogP contribution in [0, 0.1) is 0 Å². The highest BCUT2D eigenvalue weighted by atomic mass is 35.5. The molecule has 0 bridgehead atoms. The molecule has 0 saturated carbocycles. The summed E-state index contributed by atoms with van der Waals surface area (Å²) in [5.41, 5.74) is 1.08. The second-order valence-electron chi connectivity index (χ2n) is 7.22. The van der Waals surface area contributed by atoms with E-state index in [0.29, 0.717) is 16.5 Å². The van der Waals surface area contributed by atoms with Crippen LogP contribution in [0.25, 0.3) is 0 Å². The van der Waals surface area contributed by atoms with E-state index in [2.05, 4.69) is 10.0 Å². The molecule has 0 spiro atoms. The monoisotopic (exact) mass is 522 g/mol. The van der Waals surface area contributed by atoms with Crippen molar-refractivity contribution in [2.45, 2.75) is 24.3 Å². The minimum Gasteiger partial charge on any atom is -0.495 e. The summed E-state index contributed by atoms with van der Waals surface area (Å²) < 4.78 is 39.9. The number of carbonyl (C=O) groups is 1. The average Bonchev–Trinajstić information content (AvgIpc) is 2.80. The third kappa shape index (κ3) is 6.64. The maximum atomic E-state index is 13.3. The molecule has 0 radical (unpaired) electrons. The number of hydrogen-bond donors (Lipinski definition) is 2. The number of sulfonamides is 1. The van der Waals surface area contributed by atoms with Crippen molar-refractivity contribution in [3.63, 3.8) is 0 Å². The van der Waals surface area contributed by atoms with Crippen LogP contribution >= 0.6 is 23.2 Å². The van der Waals surface area contributed by atoms with Gasteiger partial charge in [0.2, 0.25) is 15.9 Å². The maximum absolute atomic E-state index is 13.3. The molecule has 10 heteroatoms. The Labute approximate surface area is 209 Å². The van der Waals surface area contributed by atoms with Crippen LogP contribution in [0.1, 0.15) is 12.5 Å². The molecule has 7 nitrogen and oxygen atoms in total. The van der Waals surface area contributed by atoms with Crippen LogP contribution in [0.2, 0.25) is 10.0 Å². The Morgan fingerprint density at radius 3 is 2.26 bits per heavy atom. The van der Waals surface area contributed by atoms with E-state index >= 15 is 0 Å². The molecule has 0 aromatic heterocycles. The quantitative estimate of drug-likeness (QED) is 0.393. The lowest BCUT2D eigenvalue weighted by molar-refractivity contribution is -0.117. The largest absolute Gasteiger partial charge is 0.495 e. The summed E-state index contributed by atoms with van der Waals surface area (Å²) in [6, 6.07) is 16.9. The fraction of sp³-hybridized carbons (Fsp3) is 0.208. The standard InChI is InChI=1S/C24H24Cl2N2O5S/c1-3-33-22-12-10-18(26)15-23(22)34(30,31)28-20(13-16-7-5-4-6-8-16)24(29)27-19-14-17(25)9-11-21(19)32-2/h4-12,14-15,20,28H,3,13H2,1-2H3,(H,27,29). The van der Waals surface area contributed by atoms with Gasteiger partial charge in [0.1, 0.15) is 22.4 Å². The molecule has 0 saturated heterocycles. The normalized spacial score (nSPS) is 12.1. The van der Waals surface area contributed by atoms with Crippen LogP contribution in [0.5, 0.6) is 11.5 Å². The predicted molar refractivity (Wildman–Crippen MR) is 134 cm³/mol. The average molecular weight is 523 g/mol. The SMILES string of the molecule is CCOc1ccc(Cl)cc1S(=O)(=O)NC(Cc1ccccc1)C(=O)Nc1cc(Cl)ccc1OC. The lowest BCUT2D eigenvalue weighted by atomic mass is 10.1. The van der Waals surface area contributed by atoms with Gasteiger partial charge < -0.3 is 14.8 Å². The Hall–Kier alpha value is -2.78. The Balaban J connectivity index is 1.96. The first kappa shape index (κ1) is 25.8. The van der Waals surface area contributed by atoms with Gasteiger partial charge in [0, 0.05) is 10.0 Å². The number of methoxy groups -OCH3 is 1. The number of amides is 1. The Morgan fingerprint density at radius 2 is 1.62 bits per heavy atom. The van der Waals surface area contributed by atoms with Crippen LogP contribution in [0.3, 0.4) is 0 Å². The zero-order valence-electron chi connectivity index (χ0n) is 18.5. The molecule has 1 amide bonds. The fourth-order valence-electron chi connectivity index (χ4n) is 3.25. The van der Waals surface area contributed by atoms with Crippen LogP contribution in [0.15, 0.2) is 71.6 Å². The van der Waals surface area contributed by atoms with E-state index in [0.717, 1.165) is 5.56 Å². The fourth-order valence-corrected chi connectivity index (χ4v) is 5.03. The first-order valence-corrected chi connectivity index (χ1v) is 12.6. The Kier molecular flexibility index (Phi) is 8.79. The van der Waals surface area contributed by atoms with Crippen LogP contribution in [-0.2, 0) is 21.2 Å². The summed E-state index contributed by atoms with van der Waals surface area (Å²) in [6.45, 7) is 2.00. The van der Waals surface area contributed by atoms with Gasteiger partial charge in [-0.05, 0) is 55.3 Å². The number of benzene rings is 3. The second kappa shape index (κ2) is 11.6. The first-order valence-electron chi connectivity index (χ1n) is 10.4. The van der Waals surface area contributed by atoms with E-state index in [1.807, 2.05) is 18.2 Å². The van der Waals surface area contributed by atoms with Gasteiger partial charge in [0.05, 0.1) is 19.4 Å². The van der Waals surface area contributed by atoms with Gasteiger partial charge in [-0.25, -0.2) is 8.42 Å². The summed E-state index contributed by atoms with van der Waals surface area (Å²) in [4.78, 5) is 13.1. The molecule has 180 valence electrons. The van der Waals surface area contributed by atoms with Gasteiger partial charge in [-0.2, -0.15) is 4.72 Å². The van der Waals surface area contributed by atoms with E-state index in [4.69, 9.17) is 32.7 Å². The minimum absolute atomic E-state index is 0.0965. The van der Waals surface area contributed by atoms with Crippen molar-refractivity contribution in [1.29, 1.82) is 0 Å². The van der Waals surface area contributed by atoms with Crippen LogP contribution in [0.4, 0.5) is 5.69 Å². The third-order valence-electron chi connectivity index (χ3n) is 4.81. The summed E-state index contributed by atoms with van der Waals surface area (Å²) in [5.74, 6) is -0.0738. The number of nitrogens with one attached hydrogen (secondary N) is 2. The molecule has 34 heavy (non-hydrogen) atoms. The van der Waals surface area contributed by atoms with E-state index in [1.54, 1.807) is 31.2 Å². The van der Waals surface area contributed by atoms with E-state index < -0.39 is 22.0 Å². The van der Waals surface area contributed by atoms with Crippen molar-refractivity contribution < 1.29 is 22.7 Å². The topological polar surface area (TPSA) is 93.7 Å². The Bertz CT molecular complexity index is 1250. The Morgan fingerprint density at radius 1 is 0.971 bits per heavy atom. The van der Waals surface area contributed by atoms with Crippen molar-refractivity contribution in [3.05, 3.63) is 82.3 Å². The molecule has 0 aliphatic carbocycles. The molecule has 3 aromatic rings. The molecule has 2 N–H and O–H groups in total. The predicted octanol–water partition coefficient (Wildman–Crippen LogP) is 4.93. The second-order valence-corrected chi connectivity index (χ2v) is 9.78. The third-order valence-corrected chi connectivity index (χ3v) is 6.77. The lowest BCUT2D eigenvalue weighted by Crippen LogP contribution is -2.45. The van der Waals surface area contributed by atoms with Crippen molar-refractivity contribution in [3.8, 4) is 11.5 Å². The van der Waals surface area contributed by atoms with Gasteiger partial charge in [-0.1, -0.05) is 53.5 Å². The zero-order valence-corrected chi connectivity index (χ0v) is 20.9. The molecule has 1 atom stereocenters. The lowest BCUT2D eigenvalue weighted by Gasteiger charge is -2.21. The van der Waals surface area contributed by atoms with Crippen molar-refractivity contribution >= 4 is 44.8 Å². The molecular formula is C24H24Cl2N2O5S. The maximum Gasteiger partial charge on any atom is 0.245 e. The van der Waals surface area contributed by atoms with Crippen molar-refractivity contribution in [1.82, 2.24) is 4.72 Å². The van der Waals surface area contributed by atoms with E-state index in [9.17, 15) is 13.2 Å². The smallest absolute Gasteiger partial charge is 0.245 e. The first-order chi connectivity index (χ1) is 16.2. The summed E-state index contributed by atoms with van der Waals surface area (Å²) >= 11 is 12.1. The van der Waals surface area contributed by atoms with Gasteiger partial charge in [-0.15, -0.1) is 0 Å². The van der Waals surface area contributed by atoms with Crippen LogP contribution < -0.4 is 19.5 Å². The van der Waals surface area contributed by atoms with E-state index in [1.165, 1.54) is 31.4 Å². The number of carbonyl (C=O) groups excluding carboxylic acids is 1. The molecule has 0 heterocycles. The number of ether oxygens (including phenoxy) is 2. The number of anilines is 1. The summed E-state index contributed by atoms with van der Waals surface area (Å²) in [7, 11) is -2.74. The number of hydrogen-bond acceptors (Lipinski definition) is 5. The molecule has 0 aliphatic rings. The van der Waals surface area contributed by atoms with Gasteiger partial charge in [-0.3, -0.25) is 4.79 Å². The van der Waals surface area contributed by atoms with Crippen molar-refractivity contribution in [2.75, 3.05) is 19.0 Å². The minimum atomic E-state index is -4.19. The summed E-state index contributed by atoms with van der Waals surface area (Å²) in [6.07, 6.45) is 0.0965. The molecule has 0 aliphatic heterocycles. The van der Waals surface area contributed by atoms with E-state index in [-0.39, 0.29) is 28.7 Å². The number of rotatable bonds is 10. The van der Waals surface area contributed by atoms with Gasteiger partial charge in [0.15, 0.2) is 0 Å². The highest BCUT2D eigenvalue weighted by Crippen LogP contribution is 2.29.